The number of rotatable bonds is 0. The zero-order chi connectivity index (χ0) is 8.28. The maximum Gasteiger partial charge on any atom is 0.162 e. The Bertz CT molecular complexity index is 265. The summed E-state index contributed by atoms with van der Waals surface area (Å²) in [6.07, 6.45) is 4.06. The molecule has 68 valence electrons. The molecule has 0 aromatic rings. The molecule has 1 nitrogen and oxygen atoms in total. The molecule has 0 amide bonds. The van der Waals surface area contributed by atoms with Crippen molar-refractivity contribution in [3.63, 3.8) is 0 Å². The number of allylic oxidation sites excluding steroid dienone is 2. The molecule has 1 fully saturated rings. The molecule has 0 radical (unpaired) electrons. The van der Waals surface area contributed by atoms with Gasteiger partial charge in [-0.15, -0.1) is 0 Å². The minimum Gasteiger partial charge on any atom is -0.294 e. The molecule has 0 N–H and O–H groups in total. The number of fused-ring (bicyclic) bond motifs is 2. The van der Waals surface area contributed by atoms with Crippen LogP contribution in [0, 0.1) is 10.8 Å². The molecule has 2 heteroatoms. The first-order valence-corrected chi connectivity index (χ1v) is 4.24. The fourth-order valence-electron chi connectivity index (χ4n) is 2.37. The third kappa shape index (κ3) is 0.828. The summed E-state index contributed by atoms with van der Waals surface area (Å²) in [7, 11) is 0. The summed E-state index contributed by atoms with van der Waals surface area (Å²) < 4.78 is 0. The van der Waals surface area contributed by atoms with Crippen LogP contribution in [0.4, 0.5) is 0 Å². The van der Waals surface area contributed by atoms with Crippen molar-refractivity contribution in [1.29, 1.82) is 0 Å². The van der Waals surface area contributed by atoms with Crippen molar-refractivity contribution in [2.45, 2.75) is 33.6 Å². The van der Waals surface area contributed by atoms with Crippen molar-refractivity contribution in [3.8, 4) is 0 Å². The van der Waals surface area contributed by atoms with E-state index in [4.69, 9.17) is 0 Å². The predicted molar refractivity (Wildman–Crippen MR) is 44.2 cm³/mol. The molecular formula is C10H14FeO. The predicted octanol–water partition coefficient (Wildman–Crippen LogP) is 2.32. The van der Waals surface area contributed by atoms with Crippen LogP contribution in [-0.2, 0) is 21.9 Å². The van der Waals surface area contributed by atoms with E-state index >= 15 is 0 Å². The minimum absolute atomic E-state index is 0. The van der Waals surface area contributed by atoms with Crippen LogP contribution in [0.3, 0.4) is 0 Å². The van der Waals surface area contributed by atoms with Crippen LogP contribution in [0.25, 0.3) is 0 Å². The molecule has 2 bridgehead atoms. The Balaban J connectivity index is 0.000000720. The van der Waals surface area contributed by atoms with Gasteiger partial charge >= 0.3 is 0 Å². The van der Waals surface area contributed by atoms with Crippen LogP contribution in [0.1, 0.15) is 33.6 Å². The van der Waals surface area contributed by atoms with Gasteiger partial charge in [-0.05, 0) is 24.3 Å². The van der Waals surface area contributed by atoms with Crippen LogP contribution >= 0.6 is 0 Å². The van der Waals surface area contributed by atoms with E-state index in [2.05, 4.69) is 20.8 Å². The van der Waals surface area contributed by atoms with Crippen molar-refractivity contribution in [2.24, 2.45) is 10.8 Å². The maximum atomic E-state index is 11.5. The monoisotopic (exact) mass is 206 g/mol. The van der Waals surface area contributed by atoms with Gasteiger partial charge in [0.2, 0.25) is 0 Å². The van der Waals surface area contributed by atoms with Gasteiger partial charge in [0.05, 0.1) is 0 Å². The zero-order valence-corrected chi connectivity index (χ0v) is 8.86. The third-order valence-corrected chi connectivity index (χ3v) is 3.93. The fraction of sp³-hybridized carbons (Fsp3) is 0.700. The van der Waals surface area contributed by atoms with Crippen molar-refractivity contribution >= 4 is 5.78 Å². The molecule has 0 spiro atoms. The number of hydrogen-bond acceptors (Lipinski definition) is 1. The quantitative estimate of drug-likeness (QED) is 0.556. The number of carbonyl (C=O) groups is 1. The molecule has 0 heterocycles. The molecule has 2 aliphatic rings. The van der Waals surface area contributed by atoms with Gasteiger partial charge in [-0.1, -0.05) is 26.3 Å². The van der Waals surface area contributed by atoms with Crippen LogP contribution < -0.4 is 0 Å². The fourth-order valence-corrected chi connectivity index (χ4v) is 2.37. The summed E-state index contributed by atoms with van der Waals surface area (Å²) in [4.78, 5) is 11.5. The molecule has 12 heavy (non-hydrogen) atoms. The second kappa shape index (κ2) is 2.46. The summed E-state index contributed by atoms with van der Waals surface area (Å²) in [6.45, 7) is 6.49. The van der Waals surface area contributed by atoms with Gasteiger partial charge in [0, 0.05) is 22.5 Å². The summed E-state index contributed by atoms with van der Waals surface area (Å²) in [5.41, 5.74) is 1.44. The van der Waals surface area contributed by atoms with Gasteiger partial charge in [0.1, 0.15) is 0 Å². The third-order valence-electron chi connectivity index (χ3n) is 3.93. The average molecular weight is 206 g/mol. The molecule has 0 aromatic carbocycles. The molecule has 0 aromatic heterocycles. The van der Waals surface area contributed by atoms with Crippen LogP contribution in [0.15, 0.2) is 11.6 Å². The summed E-state index contributed by atoms with van der Waals surface area (Å²) >= 11 is 0. The molecule has 0 saturated heterocycles. The van der Waals surface area contributed by atoms with E-state index in [0.717, 1.165) is 12.8 Å². The van der Waals surface area contributed by atoms with Crippen molar-refractivity contribution in [2.75, 3.05) is 0 Å². The molecule has 1 unspecified atom stereocenters. The first-order chi connectivity index (χ1) is 4.98. The molecular weight excluding hydrogens is 192 g/mol. The van der Waals surface area contributed by atoms with Crippen molar-refractivity contribution < 1.29 is 21.9 Å². The van der Waals surface area contributed by atoms with E-state index in [0.29, 0.717) is 5.78 Å². The standard InChI is InChI=1S/C10H14O.Fe/c1-9(2)7-4-5-10(9,3)8(11)6-7;/h6H,4-5H2,1-3H3;. The van der Waals surface area contributed by atoms with E-state index in [1.165, 1.54) is 5.57 Å². The van der Waals surface area contributed by atoms with E-state index in [-0.39, 0.29) is 27.9 Å². The minimum atomic E-state index is -0.0671. The number of carbonyl (C=O) groups excluding carboxylic acids is 1. The molecule has 2 rings (SSSR count). The Hall–Kier alpha value is -0.0705. The van der Waals surface area contributed by atoms with E-state index in [9.17, 15) is 4.79 Å². The van der Waals surface area contributed by atoms with Gasteiger partial charge in [-0.25, -0.2) is 0 Å². The Kier molecular flexibility index (Phi) is 2.05. The smallest absolute Gasteiger partial charge is 0.162 e. The van der Waals surface area contributed by atoms with Crippen LogP contribution in [0.2, 0.25) is 0 Å². The Morgan fingerprint density at radius 1 is 1.33 bits per heavy atom. The first kappa shape index (κ1) is 10.0. The van der Waals surface area contributed by atoms with Crippen LogP contribution in [0.5, 0.6) is 0 Å². The van der Waals surface area contributed by atoms with Gasteiger partial charge in [-0.3, -0.25) is 4.79 Å². The average Bonchev–Trinajstić information content (AvgIpc) is 2.20. The summed E-state index contributed by atoms with van der Waals surface area (Å²) in [5, 5.41) is 0. The molecule has 1 saturated carbocycles. The Morgan fingerprint density at radius 3 is 2.08 bits per heavy atom. The van der Waals surface area contributed by atoms with Gasteiger partial charge < -0.3 is 0 Å². The maximum absolute atomic E-state index is 11.5. The van der Waals surface area contributed by atoms with Gasteiger partial charge in [0.15, 0.2) is 5.78 Å². The van der Waals surface area contributed by atoms with E-state index < -0.39 is 0 Å². The van der Waals surface area contributed by atoms with Crippen LogP contribution in [-0.4, -0.2) is 5.78 Å². The van der Waals surface area contributed by atoms with E-state index in [1.807, 2.05) is 6.08 Å². The first-order valence-electron chi connectivity index (χ1n) is 4.24. The van der Waals surface area contributed by atoms with Gasteiger partial charge in [-0.2, -0.15) is 0 Å². The number of ketones is 1. The SMILES string of the molecule is CC1(C)C2=CC(=O)C1(C)CC2.[Fe]. The second-order valence-electron chi connectivity index (χ2n) is 4.49. The molecule has 1 atom stereocenters. The van der Waals surface area contributed by atoms with E-state index in [1.54, 1.807) is 0 Å². The van der Waals surface area contributed by atoms with Gasteiger partial charge in [0.25, 0.3) is 0 Å². The molecule has 0 aliphatic heterocycles. The Morgan fingerprint density at radius 2 is 1.92 bits per heavy atom. The topological polar surface area (TPSA) is 17.1 Å². The molecule has 2 aliphatic carbocycles. The summed E-state index contributed by atoms with van der Waals surface area (Å²) in [5.74, 6) is 0.351. The Labute approximate surface area is 84.1 Å². The summed E-state index contributed by atoms with van der Waals surface area (Å²) in [6, 6.07) is 0. The second-order valence-corrected chi connectivity index (χ2v) is 4.49. The number of hydrogen-bond donors (Lipinski definition) is 0. The zero-order valence-electron chi connectivity index (χ0n) is 7.75. The largest absolute Gasteiger partial charge is 0.294 e. The van der Waals surface area contributed by atoms with Crippen molar-refractivity contribution in [3.05, 3.63) is 11.6 Å². The normalized spacial score (nSPS) is 36.2. The van der Waals surface area contributed by atoms with Crippen molar-refractivity contribution in [1.82, 2.24) is 0 Å².